The zero-order valence-corrected chi connectivity index (χ0v) is 26.9. The van der Waals surface area contributed by atoms with Gasteiger partial charge in [0.25, 0.3) is 5.91 Å². The van der Waals surface area contributed by atoms with Crippen molar-refractivity contribution in [3.8, 4) is 34.0 Å². The topological polar surface area (TPSA) is 119 Å². The lowest BCUT2D eigenvalue weighted by Gasteiger charge is -2.22. The Morgan fingerprint density at radius 3 is 1.57 bits per heavy atom. The standard InChI is InChI=1S/C35H22F8N6O4/c1-18(50)44-16-29(51)49(33-46-28-13-7-22(20-4-10-24(37)11-5-20)15-26(28)31(48-33)53-35(41,42)43)32-45-27-12-6-21(19-2-8-23(36)9-3-19)14-25(27)30(47-32)52-17-34(38,39)40/h2-15H,16-17H2,1H3,(H,44,50). The molecule has 0 radical (unpaired) electrons. The van der Waals surface area contributed by atoms with Crippen LogP contribution in [0.4, 0.5) is 47.0 Å². The Morgan fingerprint density at radius 2 is 1.11 bits per heavy atom. The van der Waals surface area contributed by atoms with E-state index in [-0.39, 0.29) is 21.8 Å². The fourth-order valence-electron chi connectivity index (χ4n) is 5.06. The molecule has 272 valence electrons. The van der Waals surface area contributed by atoms with Gasteiger partial charge in [0.2, 0.25) is 29.6 Å². The predicted octanol–water partition coefficient (Wildman–Crippen LogP) is 7.83. The molecular weight excluding hydrogens is 720 g/mol. The highest BCUT2D eigenvalue weighted by Gasteiger charge is 2.35. The van der Waals surface area contributed by atoms with E-state index in [1.54, 1.807) is 0 Å². The zero-order valence-electron chi connectivity index (χ0n) is 26.9. The Hall–Kier alpha value is -6.46. The Morgan fingerprint density at radius 1 is 0.660 bits per heavy atom. The SMILES string of the molecule is CC(=O)NCC(=O)N(c1nc(OCC(F)(F)F)c2cc(-c3ccc(F)cc3)ccc2n1)c1nc(OC(F)(F)F)c2cc(-c3ccc(F)cc3)ccc2n1. The number of hydrogen-bond acceptors (Lipinski definition) is 8. The molecule has 0 aliphatic carbocycles. The molecule has 2 heterocycles. The smallest absolute Gasteiger partial charge is 0.467 e. The van der Waals surface area contributed by atoms with Gasteiger partial charge in [-0.1, -0.05) is 36.4 Å². The van der Waals surface area contributed by atoms with E-state index in [0.717, 1.165) is 19.1 Å². The quantitative estimate of drug-likeness (QED) is 0.149. The van der Waals surface area contributed by atoms with Gasteiger partial charge in [0, 0.05) is 6.92 Å². The molecule has 2 aromatic heterocycles. The Balaban J connectivity index is 1.54. The van der Waals surface area contributed by atoms with E-state index >= 15 is 0 Å². The van der Waals surface area contributed by atoms with E-state index in [4.69, 9.17) is 4.74 Å². The van der Waals surface area contributed by atoms with Gasteiger partial charge in [-0.05, 0) is 70.8 Å². The van der Waals surface area contributed by atoms with Gasteiger partial charge in [0.05, 0.1) is 28.4 Å². The van der Waals surface area contributed by atoms with Gasteiger partial charge in [-0.15, -0.1) is 13.2 Å². The minimum absolute atomic E-state index is 0.0806. The summed E-state index contributed by atoms with van der Waals surface area (Å²) in [6, 6.07) is 18.4. The number of aromatic nitrogens is 4. The number of halogens is 8. The van der Waals surface area contributed by atoms with Crippen LogP contribution in [0, 0.1) is 11.6 Å². The first-order valence-electron chi connectivity index (χ1n) is 15.2. The number of nitrogens with zero attached hydrogens (tertiary/aromatic N) is 5. The van der Waals surface area contributed by atoms with Crippen molar-refractivity contribution in [2.24, 2.45) is 0 Å². The highest BCUT2D eigenvalue weighted by Crippen LogP contribution is 2.37. The lowest BCUT2D eigenvalue weighted by Crippen LogP contribution is -2.38. The number of rotatable bonds is 9. The number of anilines is 2. The molecule has 0 saturated heterocycles. The van der Waals surface area contributed by atoms with Crippen LogP contribution >= 0.6 is 0 Å². The van der Waals surface area contributed by atoms with Crippen LogP contribution in [0.2, 0.25) is 0 Å². The van der Waals surface area contributed by atoms with Crippen molar-refractivity contribution in [1.29, 1.82) is 0 Å². The summed E-state index contributed by atoms with van der Waals surface area (Å²) in [6.45, 7) is -1.57. The van der Waals surface area contributed by atoms with Crippen LogP contribution in [0.1, 0.15) is 6.92 Å². The van der Waals surface area contributed by atoms with Crippen LogP contribution < -0.4 is 19.7 Å². The Labute approximate surface area is 293 Å². The molecule has 1 N–H and O–H groups in total. The summed E-state index contributed by atoms with van der Waals surface area (Å²) < 4.78 is 118. The lowest BCUT2D eigenvalue weighted by atomic mass is 10.0. The number of carbonyl (C=O) groups excluding carboxylic acids is 2. The van der Waals surface area contributed by atoms with Gasteiger partial charge in [0.1, 0.15) is 11.6 Å². The summed E-state index contributed by atoms with van der Waals surface area (Å²) in [5, 5.41) is 1.86. The van der Waals surface area contributed by atoms with Crippen LogP contribution in [0.5, 0.6) is 11.8 Å². The number of hydrogen-bond donors (Lipinski definition) is 1. The van der Waals surface area contributed by atoms with Crippen molar-refractivity contribution in [1.82, 2.24) is 25.3 Å². The average Bonchev–Trinajstić information content (AvgIpc) is 3.09. The minimum atomic E-state index is -5.31. The van der Waals surface area contributed by atoms with Gasteiger partial charge in [-0.2, -0.15) is 23.1 Å². The molecule has 6 aromatic rings. The van der Waals surface area contributed by atoms with E-state index in [1.807, 2.05) is 0 Å². The average molecular weight is 743 g/mol. The second-order valence-corrected chi connectivity index (χ2v) is 11.2. The van der Waals surface area contributed by atoms with E-state index in [1.165, 1.54) is 72.8 Å². The predicted molar refractivity (Wildman–Crippen MR) is 174 cm³/mol. The molecule has 0 atom stereocenters. The van der Waals surface area contributed by atoms with Gasteiger partial charge in [-0.3, -0.25) is 9.59 Å². The number of fused-ring (bicyclic) bond motifs is 2. The molecule has 0 spiro atoms. The first kappa shape index (κ1) is 36.3. The third-order valence-corrected chi connectivity index (χ3v) is 7.38. The molecule has 6 rings (SSSR count). The number of alkyl halides is 6. The number of benzene rings is 4. The van der Waals surface area contributed by atoms with Crippen molar-refractivity contribution in [2.45, 2.75) is 19.5 Å². The second kappa shape index (κ2) is 14.3. The van der Waals surface area contributed by atoms with Crippen molar-refractivity contribution < 1.29 is 54.2 Å². The van der Waals surface area contributed by atoms with E-state index < -0.39 is 72.8 Å². The number of carbonyl (C=O) groups is 2. The van der Waals surface area contributed by atoms with Crippen LogP contribution in [0.15, 0.2) is 84.9 Å². The van der Waals surface area contributed by atoms with Gasteiger partial charge >= 0.3 is 12.5 Å². The zero-order chi connectivity index (χ0) is 38.1. The Bertz CT molecular complexity index is 2340. The van der Waals surface area contributed by atoms with Gasteiger partial charge in [0.15, 0.2) is 6.61 Å². The maximum Gasteiger partial charge on any atom is 0.574 e. The summed E-state index contributed by atoms with van der Waals surface area (Å²) in [5.41, 5.74) is 1.32. The normalized spacial score (nSPS) is 11.8. The highest BCUT2D eigenvalue weighted by atomic mass is 19.4. The van der Waals surface area contributed by atoms with Gasteiger partial charge in [-0.25, -0.2) is 23.6 Å². The number of amides is 2. The number of nitrogens with one attached hydrogen (secondary N) is 1. The summed E-state index contributed by atoms with van der Waals surface area (Å²) in [5.74, 6) is -6.22. The van der Waals surface area contributed by atoms with Gasteiger partial charge < -0.3 is 14.8 Å². The fraction of sp³-hybridized carbons (Fsp3) is 0.143. The third kappa shape index (κ3) is 8.71. The van der Waals surface area contributed by atoms with Crippen LogP contribution in [-0.2, 0) is 9.59 Å². The molecule has 4 aromatic carbocycles. The molecular formula is C35H22F8N6O4. The summed E-state index contributed by atoms with van der Waals surface area (Å²) in [4.78, 5) is 42.3. The first-order chi connectivity index (χ1) is 25.0. The van der Waals surface area contributed by atoms with Crippen molar-refractivity contribution in [3.05, 3.63) is 96.6 Å². The van der Waals surface area contributed by atoms with Crippen LogP contribution in [-0.4, -0.2) is 57.4 Å². The third-order valence-electron chi connectivity index (χ3n) is 7.38. The minimum Gasteiger partial charge on any atom is -0.467 e. The summed E-state index contributed by atoms with van der Waals surface area (Å²) >= 11 is 0. The fourth-order valence-corrected chi connectivity index (χ4v) is 5.06. The van der Waals surface area contributed by atoms with Crippen LogP contribution in [0.25, 0.3) is 44.1 Å². The highest BCUT2D eigenvalue weighted by molar-refractivity contribution is 6.02. The van der Waals surface area contributed by atoms with Crippen molar-refractivity contribution in [2.75, 3.05) is 18.1 Å². The monoisotopic (exact) mass is 742 g/mol. The maximum atomic E-state index is 13.7. The molecule has 0 aliphatic rings. The molecule has 0 fully saturated rings. The van der Waals surface area contributed by atoms with Crippen molar-refractivity contribution >= 4 is 45.5 Å². The summed E-state index contributed by atoms with van der Waals surface area (Å²) in [6.07, 6.45) is -10.2. The summed E-state index contributed by atoms with van der Waals surface area (Å²) in [7, 11) is 0. The molecule has 10 nitrogen and oxygen atoms in total. The molecule has 0 saturated carbocycles. The van der Waals surface area contributed by atoms with Crippen molar-refractivity contribution in [3.63, 3.8) is 0 Å². The second-order valence-electron chi connectivity index (χ2n) is 11.2. The molecule has 0 aliphatic heterocycles. The largest absolute Gasteiger partial charge is 0.574 e. The van der Waals surface area contributed by atoms with E-state index in [0.29, 0.717) is 27.2 Å². The number of ether oxygens (including phenoxy) is 2. The molecule has 2 amide bonds. The van der Waals surface area contributed by atoms with E-state index in [2.05, 4.69) is 30.0 Å². The lowest BCUT2D eigenvalue weighted by molar-refractivity contribution is -0.275. The molecule has 53 heavy (non-hydrogen) atoms. The molecule has 0 unspecified atom stereocenters. The molecule has 18 heteroatoms. The van der Waals surface area contributed by atoms with Crippen LogP contribution in [0.3, 0.4) is 0 Å². The Kier molecular flexibility index (Phi) is 9.79. The van der Waals surface area contributed by atoms with E-state index in [9.17, 15) is 44.7 Å². The molecule has 0 bridgehead atoms. The maximum absolute atomic E-state index is 13.7. The first-order valence-corrected chi connectivity index (χ1v) is 15.2.